The minimum atomic E-state index is -0.942. The third-order valence-electron chi connectivity index (χ3n) is 3.67. The van der Waals surface area contributed by atoms with E-state index < -0.39 is 11.0 Å². The molecule has 0 saturated carbocycles. The van der Waals surface area contributed by atoms with E-state index in [2.05, 4.69) is 0 Å². The summed E-state index contributed by atoms with van der Waals surface area (Å²) in [4.78, 5) is 22.6. The molecule has 2 saturated heterocycles. The molecule has 1 amide bonds. The Hall–Kier alpha value is -2.15. The van der Waals surface area contributed by atoms with Crippen molar-refractivity contribution in [1.29, 1.82) is 0 Å². The fourth-order valence-corrected chi connectivity index (χ4v) is 2.82. The van der Waals surface area contributed by atoms with Crippen LogP contribution in [0.25, 0.3) is 0 Å². The molecule has 0 unspecified atom stereocenters. The van der Waals surface area contributed by atoms with Crippen molar-refractivity contribution in [3.05, 3.63) is 39.9 Å². The number of amides is 1. The number of morpholine rings is 1. The van der Waals surface area contributed by atoms with Gasteiger partial charge in [0.2, 0.25) is 0 Å². The lowest BCUT2D eigenvalue weighted by atomic mass is 10.0. The quantitative estimate of drug-likeness (QED) is 0.649. The minimum Gasteiger partial charge on any atom is -0.465 e. The number of fused-ring (bicyclic) bond motifs is 2. The van der Waals surface area contributed by atoms with Crippen LogP contribution in [0.3, 0.4) is 0 Å². The van der Waals surface area contributed by atoms with Gasteiger partial charge in [-0.2, -0.15) is 0 Å². The second kappa shape index (κ2) is 4.20. The zero-order valence-electron chi connectivity index (χ0n) is 9.93. The molecule has 2 aliphatic rings. The van der Waals surface area contributed by atoms with Gasteiger partial charge >= 0.3 is 6.09 Å². The summed E-state index contributed by atoms with van der Waals surface area (Å²) in [5.41, 5.74) is 0.797. The molecule has 2 bridgehead atoms. The lowest BCUT2D eigenvalue weighted by Crippen LogP contribution is -2.42. The Kier molecular flexibility index (Phi) is 2.63. The number of rotatable bonds is 2. The molecule has 2 fully saturated rings. The number of nitrogens with zero attached hydrogens (tertiary/aromatic N) is 2. The van der Waals surface area contributed by atoms with Crippen LogP contribution in [0.5, 0.6) is 0 Å². The molecule has 0 aromatic heterocycles. The number of non-ortho nitro benzene ring substituents is 1. The fraction of sp³-hybridized carbons (Fsp3) is 0.417. The van der Waals surface area contributed by atoms with Gasteiger partial charge in [0, 0.05) is 12.1 Å². The van der Waals surface area contributed by atoms with Crippen molar-refractivity contribution in [1.82, 2.24) is 4.90 Å². The van der Waals surface area contributed by atoms with Crippen LogP contribution in [-0.2, 0) is 4.74 Å². The van der Waals surface area contributed by atoms with Crippen molar-refractivity contribution in [2.45, 2.75) is 24.7 Å². The van der Waals surface area contributed by atoms with Gasteiger partial charge in [-0.3, -0.25) is 15.0 Å². The monoisotopic (exact) mass is 264 g/mol. The van der Waals surface area contributed by atoms with E-state index in [1.807, 2.05) is 0 Å². The van der Waals surface area contributed by atoms with Crippen LogP contribution in [0.15, 0.2) is 24.3 Å². The molecule has 7 nitrogen and oxygen atoms in total. The lowest BCUT2D eigenvalue weighted by Gasteiger charge is -2.31. The Balaban J connectivity index is 1.83. The van der Waals surface area contributed by atoms with Gasteiger partial charge in [-0.25, -0.2) is 4.79 Å². The summed E-state index contributed by atoms with van der Waals surface area (Å²) in [6, 6.07) is 5.89. The maximum atomic E-state index is 11.1. The zero-order chi connectivity index (χ0) is 13.6. The highest BCUT2D eigenvalue weighted by atomic mass is 16.6. The first-order valence-corrected chi connectivity index (χ1v) is 5.95. The van der Waals surface area contributed by atoms with Crippen molar-refractivity contribution in [3.8, 4) is 0 Å². The molecule has 1 aromatic carbocycles. The minimum absolute atomic E-state index is 0.0157. The topological polar surface area (TPSA) is 92.9 Å². The van der Waals surface area contributed by atoms with Crippen LogP contribution in [0.1, 0.15) is 18.1 Å². The highest BCUT2D eigenvalue weighted by Crippen LogP contribution is 2.42. The lowest BCUT2D eigenvalue weighted by molar-refractivity contribution is -0.384. The maximum absolute atomic E-state index is 11.1. The van der Waals surface area contributed by atoms with Crippen LogP contribution >= 0.6 is 0 Å². The van der Waals surface area contributed by atoms with Crippen molar-refractivity contribution in [2.24, 2.45) is 0 Å². The van der Waals surface area contributed by atoms with E-state index in [0.29, 0.717) is 13.0 Å². The first-order chi connectivity index (χ1) is 9.06. The highest BCUT2D eigenvalue weighted by molar-refractivity contribution is 5.66. The molecule has 3 atom stereocenters. The summed E-state index contributed by atoms with van der Waals surface area (Å²) in [7, 11) is 0. The first kappa shape index (κ1) is 11.9. The van der Waals surface area contributed by atoms with E-state index in [1.165, 1.54) is 17.0 Å². The largest absolute Gasteiger partial charge is 0.465 e. The average Bonchev–Trinajstić information content (AvgIpc) is 2.98. The molecular formula is C12H12N2O5. The fourth-order valence-electron chi connectivity index (χ4n) is 2.82. The number of benzene rings is 1. The molecule has 2 heterocycles. The van der Waals surface area contributed by atoms with Crippen LogP contribution in [0.4, 0.5) is 10.5 Å². The summed E-state index contributed by atoms with van der Waals surface area (Å²) < 4.78 is 5.75. The molecule has 0 spiro atoms. The number of nitro groups is 1. The summed E-state index contributed by atoms with van der Waals surface area (Å²) >= 11 is 0. The third-order valence-corrected chi connectivity index (χ3v) is 3.67. The third kappa shape index (κ3) is 1.91. The molecule has 1 aromatic rings. The van der Waals surface area contributed by atoms with E-state index in [0.717, 1.165) is 5.56 Å². The van der Waals surface area contributed by atoms with Crippen molar-refractivity contribution in [3.63, 3.8) is 0 Å². The Morgan fingerprint density at radius 1 is 1.42 bits per heavy atom. The van der Waals surface area contributed by atoms with Gasteiger partial charge in [0.1, 0.15) is 6.10 Å². The van der Waals surface area contributed by atoms with E-state index in [4.69, 9.17) is 9.84 Å². The molecule has 3 rings (SSSR count). The summed E-state index contributed by atoms with van der Waals surface area (Å²) in [5.74, 6) is 0. The Bertz CT molecular complexity index is 529. The van der Waals surface area contributed by atoms with Gasteiger partial charge in [-0.1, -0.05) is 0 Å². The van der Waals surface area contributed by atoms with Crippen molar-refractivity contribution >= 4 is 11.8 Å². The van der Waals surface area contributed by atoms with Gasteiger partial charge in [0.15, 0.2) is 0 Å². The van der Waals surface area contributed by atoms with Gasteiger partial charge in [-0.05, 0) is 24.1 Å². The van der Waals surface area contributed by atoms with Gasteiger partial charge in [0.05, 0.1) is 23.6 Å². The summed E-state index contributed by atoms with van der Waals surface area (Å²) in [5, 5.41) is 19.7. The normalized spacial score (nSPS) is 28.6. The zero-order valence-corrected chi connectivity index (χ0v) is 9.93. The predicted octanol–water partition coefficient (Wildman–Crippen LogP) is 1.79. The van der Waals surface area contributed by atoms with Gasteiger partial charge in [-0.15, -0.1) is 0 Å². The van der Waals surface area contributed by atoms with E-state index >= 15 is 0 Å². The van der Waals surface area contributed by atoms with Crippen molar-refractivity contribution in [2.75, 3.05) is 6.54 Å². The van der Waals surface area contributed by atoms with E-state index in [9.17, 15) is 14.9 Å². The van der Waals surface area contributed by atoms with Crippen LogP contribution in [0, 0.1) is 10.1 Å². The Morgan fingerprint density at radius 3 is 2.63 bits per heavy atom. The number of ether oxygens (including phenoxy) is 1. The Labute approximate surface area is 108 Å². The summed E-state index contributed by atoms with van der Waals surface area (Å²) in [6.45, 7) is 0.406. The summed E-state index contributed by atoms with van der Waals surface area (Å²) in [6.07, 6.45) is -0.645. The smallest absolute Gasteiger partial charge is 0.407 e. The van der Waals surface area contributed by atoms with Crippen LogP contribution in [0.2, 0.25) is 0 Å². The number of carbonyl (C=O) groups is 1. The molecule has 7 heteroatoms. The van der Waals surface area contributed by atoms with Gasteiger partial charge < -0.3 is 9.84 Å². The second-order valence-corrected chi connectivity index (χ2v) is 4.77. The standard InChI is InChI=1S/C12H12N2O5/c15-12(16)13-6-9-5-10(13)11(19-9)7-1-3-8(4-2-7)14(17)18/h1-4,9-11H,5-6H2,(H,15,16)/t9-,10-,11+/m1/s1. The number of nitro benzene ring substituents is 1. The van der Waals surface area contributed by atoms with E-state index in [1.54, 1.807) is 12.1 Å². The van der Waals surface area contributed by atoms with Crippen LogP contribution < -0.4 is 0 Å². The molecule has 0 radical (unpaired) electrons. The van der Waals surface area contributed by atoms with Crippen LogP contribution in [-0.4, -0.2) is 39.7 Å². The Morgan fingerprint density at radius 2 is 2.11 bits per heavy atom. The average molecular weight is 264 g/mol. The second-order valence-electron chi connectivity index (χ2n) is 4.77. The molecule has 19 heavy (non-hydrogen) atoms. The molecule has 100 valence electrons. The molecule has 1 N–H and O–H groups in total. The number of carboxylic acid groups (broad SMARTS) is 1. The maximum Gasteiger partial charge on any atom is 0.407 e. The molecular weight excluding hydrogens is 252 g/mol. The highest BCUT2D eigenvalue weighted by Gasteiger charge is 2.48. The molecule has 0 aliphatic carbocycles. The SMILES string of the molecule is O=C(O)N1C[C@H]2C[C@@H]1[C@H](c1ccc([N+](=O)[O-])cc1)O2. The number of hydrogen-bond acceptors (Lipinski definition) is 4. The molecule has 2 aliphatic heterocycles. The first-order valence-electron chi connectivity index (χ1n) is 5.95. The van der Waals surface area contributed by atoms with Crippen molar-refractivity contribution < 1.29 is 19.6 Å². The van der Waals surface area contributed by atoms with E-state index in [-0.39, 0.29) is 23.9 Å². The predicted molar refractivity (Wildman–Crippen MR) is 63.8 cm³/mol. The number of likely N-dealkylation sites (tertiary alicyclic amines) is 1. The van der Waals surface area contributed by atoms with Gasteiger partial charge in [0.25, 0.3) is 5.69 Å². The number of hydrogen-bond donors (Lipinski definition) is 1.